The molecule has 2 aliphatic rings. The fourth-order valence-electron chi connectivity index (χ4n) is 12.3. The maximum absolute atomic E-state index is 7.10. The second-order valence-corrected chi connectivity index (χ2v) is 28.2. The summed E-state index contributed by atoms with van der Waals surface area (Å²) in [7, 11) is 0. The average molecular weight is 1010 g/mol. The smallest absolute Gasteiger partial charge is 0.252 e. The molecule has 0 atom stereocenters. The number of nitrogens with zero attached hydrogens (tertiary/aromatic N) is 3. The minimum Gasteiger partial charge on any atom is -0.454 e. The Labute approximate surface area is 454 Å². The lowest BCUT2D eigenvalue weighted by Gasteiger charge is -2.42. The summed E-state index contributed by atoms with van der Waals surface area (Å²) in [5.74, 6) is 0. The minimum atomic E-state index is -0.118. The van der Waals surface area contributed by atoms with E-state index in [2.05, 4.69) is 270 Å². The molecule has 8 aromatic carbocycles. The van der Waals surface area contributed by atoms with Gasteiger partial charge in [0.1, 0.15) is 11.1 Å². The highest BCUT2D eigenvalue weighted by molar-refractivity contribution is 7.26. The van der Waals surface area contributed by atoms with Gasteiger partial charge in [-0.2, -0.15) is 0 Å². The highest BCUT2D eigenvalue weighted by Crippen LogP contribution is 2.51. The standard InChI is InChI=1S/C70H70BN3OS/c1-66(2,3)41-23-29-46(30-24-41)72(47-31-25-42(26-32-47)67(4,5)6)48-39-57-61-58(40-48)74-62-52(64-63(74)51-19-16-17-22-59(51)75-64)35-45(70(13,14)15)36-54(62)71(61)53-34-28-43(68(7,8)9)37-56(53)73(57)55-21-18-20-50-49-33-27-44(69(10,11)12)38-60(49)76-65(50)55/h16-40H,1-15H3. The first-order valence-electron chi connectivity index (χ1n) is 27.4. The van der Waals surface area contributed by atoms with Gasteiger partial charge in [0.15, 0.2) is 5.58 Å². The number of para-hydroxylation sites is 1. The van der Waals surface area contributed by atoms with Gasteiger partial charge in [-0.3, -0.25) is 0 Å². The lowest BCUT2D eigenvalue weighted by Crippen LogP contribution is -2.60. The zero-order valence-electron chi connectivity index (χ0n) is 47.2. The number of hydrogen-bond acceptors (Lipinski definition) is 4. The molecule has 0 N–H and O–H groups in total. The number of anilines is 6. The molecule has 3 aromatic heterocycles. The van der Waals surface area contributed by atoms with Crippen LogP contribution in [-0.4, -0.2) is 11.3 Å². The van der Waals surface area contributed by atoms with E-state index in [4.69, 9.17) is 4.42 Å². The van der Waals surface area contributed by atoms with Crippen LogP contribution >= 0.6 is 11.3 Å². The summed E-state index contributed by atoms with van der Waals surface area (Å²) in [6, 6.07) is 58.9. The molecule has 0 unspecified atom stereocenters. The molecule has 0 radical (unpaired) electrons. The van der Waals surface area contributed by atoms with E-state index in [0.29, 0.717) is 0 Å². The van der Waals surface area contributed by atoms with Gasteiger partial charge in [-0.1, -0.05) is 183 Å². The summed E-state index contributed by atoms with van der Waals surface area (Å²) in [6.07, 6.45) is 0. The van der Waals surface area contributed by atoms with Gasteiger partial charge in [-0.05, 0) is 144 Å². The van der Waals surface area contributed by atoms with E-state index in [-0.39, 0.29) is 33.8 Å². The van der Waals surface area contributed by atoms with Crippen molar-refractivity contribution in [1.29, 1.82) is 0 Å². The van der Waals surface area contributed by atoms with E-state index >= 15 is 0 Å². The number of hydrogen-bond donors (Lipinski definition) is 0. The van der Waals surface area contributed by atoms with Crippen molar-refractivity contribution >= 4 is 122 Å². The first-order chi connectivity index (χ1) is 35.8. The van der Waals surface area contributed by atoms with Crippen LogP contribution < -0.4 is 26.2 Å². The summed E-state index contributed by atoms with van der Waals surface area (Å²) in [5.41, 5.74) is 22.7. The molecular weight excluding hydrogens is 942 g/mol. The van der Waals surface area contributed by atoms with Crippen molar-refractivity contribution in [3.63, 3.8) is 0 Å². The zero-order chi connectivity index (χ0) is 53.3. The largest absolute Gasteiger partial charge is 0.454 e. The molecule has 76 heavy (non-hydrogen) atoms. The third-order valence-electron chi connectivity index (χ3n) is 16.7. The predicted molar refractivity (Wildman–Crippen MR) is 331 cm³/mol. The Kier molecular flexibility index (Phi) is 10.4. The van der Waals surface area contributed by atoms with Gasteiger partial charge in [0.05, 0.1) is 21.6 Å². The van der Waals surface area contributed by atoms with Crippen LogP contribution in [0.1, 0.15) is 132 Å². The normalized spacial score (nSPS) is 13.9. The third kappa shape index (κ3) is 7.44. The Morgan fingerprint density at radius 2 is 0.974 bits per heavy atom. The van der Waals surface area contributed by atoms with Gasteiger partial charge in [0.2, 0.25) is 0 Å². The van der Waals surface area contributed by atoms with Gasteiger partial charge in [0, 0.05) is 54.7 Å². The molecule has 0 fully saturated rings. The number of aromatic nitrogens is 1. The fourth-order valence-corrected chi connectivity index (χ4v) is 13.6. The Balaban J connectivity index is 1.21. The fraction of sp³-hybridized carbons (Fsp3) is 0.286. The highest BCUT2D eigenvalue weighted by Gasteiger charge is 2.45. The molecule has 0 bridgehead atoms. The van der Waals surface area contributed by atoms with Crippen LogP contribution in [0, 0.1) is 0 Å². The zero-order valence-corrected chi connectivity index (χ0v) is 48.0. The maximum atomic E-state index is 7.10. The molecule has 0 saturated heterocycles. The molecule has 380 valence electrons. The summed E-state index contributed by atoms with van der Waals surface area (Å²) < 4.78 is 12.3. The molecule has 6 heteroatoms. The minimum absolute atomic E-state index is 0.00320. The molecule has 4 nitrogen and oxygen atoms in total. The number of rotatable bonds is 4. The summed E-state index contributed by atoms with van der Waals surface area (Å²) in [6.45, 7) is 34.8. The van der Waals surface area contributed by atoms with Crippen molar-refractivity contribution in [1.82, 2.24) is 4.57 Å². The van der Waals surface area contributed by atoms with E-state index < -0.39 is 0 Å². The van der Waals surface area contributed by atoms with Crippen LogP contribution in [0.2, 0.25) is 0 Å². The number of benzene rings is 8. The maximum Gasteiger partial charge on any atom is 0.252 e. The molecule has 0 saturated carbocycles. The van der Waals surface area contributed by atoms with Crippen molar-refractivity contribution in [3.05, 3.63) is 179 Å². The Bertz CT molecular complexity index is 4130. The number of fused-ring (bicyclic) bond motifs is 12. The second-order valence-electron chi connectivity index (χ2n) is 27.2. The van der Waals surface area contributed by atoms with Crippen molar-refractivity contribution in [2.24, 2.45) is 0 Å². The van der Waals surface area contributed by atoms with E-state index in [9.17, 15) is 0 Å². The van der Waals surface area contributed by atoms with Crippen LogP contribution in [0.25, 0.3) is 58.8 Å². The van der Waals surface area contributed by atoms with Crippen molar-refractivity contribution < 1.29 is 4.42 Å². The van der Waals surface area contributed by atoms with Gasteiger partial charge in [-0.25, -0.2) is 0 Å². The molecule has 0 spiro atoms. The monoisotopic (exact) mass is 1010 g/mol. The van der Waals surface area contributed by atoms with Crippen molar-refractivity contribution in [3.8, 4) is 5.69 Å². The summed E-state index contributed by atoms with van der Waals surface area (Å²) >= 11 is 1.93. The van der Waals surface area contributed by atoms with Crippen LogP contribution in [0.3, 0.4) is 0 Å². The number of thiophene rings is 1. The first kappa shape index (κ1) is 48.6. The molecule has 0 amide bonds. The van der Waals surface area contributed by atoms with E-state index in [1.165, 1.54) is 98.0 Å². The first-order valence-corrected chi connectivity index (χ1v) is 28.3. The average Bonchev–Trinajstić information content (AvgIpc) is 4.22. The van der Waals surface area contributed by atoms with Crippen LogP contribution in [-0.2, 0) is 27.1 Å². The van der Waals surface area contributed by atoms with Gasteiger partial charge in [0.25, 0.3) is 6.71 Å². The lowest BCUT2D eigenvalue weighted by atomic mass is 9.33. The Hall–Kier alpha value is -7.02. The van der Waals surface area contributed by atoms with Gasteiger partial charge in [-0.15, -0.1) is 11.3 Å². The lowest BCUT2D eigenvalue weighted by molar-refractivity contribution is 0.590. The quantitative estimate of drug-likeness (QED) is 0.164. The Morgan fingerprint density at radius 1 is 0.408 bits per heavy atom. The van der Waals surface area contributed by atoms with Crippen molar-refractivity contribution in [2.45, 2.75) is 131 Å². The molecule has 13 rings (SSSR count). The van der Waals surface area contributed by atoms with E-state index in [1.807, 2.05) is 11.3 Å². The second kappa shape index (κ2) is 16.3. The van der Waals surface area contributed by atoms with Gasteiger partial charge < -0.3 is 18.8 Å². The van der Waals surface area contributed by atoms with E-state index in [0.717, 1.165) is 39.1 Å². The molecule has 2 aliphatic heterocycles. The van der Waals surface area contributed by atoms with Crippen LogP contribution in [0.5, 0.6) is 0 Å². The summed E-state index contributed by atoms with van der Waals surface area (Å²) in [4.78, 5) is 5.17. The third-order valence-corrected chi connectivity index (χ3v) is 17.9. The molecule has 0 aliphatic carbocycles. The van der Waals surface area contributed by atoms with E-state index in [1.54, 1.807) is 0 Å². The highest BCUT2D eigenvalue weighted by atomic mass is 32.1. The van der Waals surface area contributed by atoms with Crippen LogP contribution in [0.4, 0.5) is 34.1 Å². The topological polar surface area (TPSA) is 24.6 Å². The SMILES string of the molecule is CC(C)(C)c1ccc(N(c2ccc(C(C)(C)C)cc2)c2cc3c4c(c2)-n2c5c(cc(C(C)(C)C)cc5c5oc6ccccc6c52)B4c2ccc(C(C)(C)C)cc2N3c2cccc3c2sc2cc(C(C)(C)C)ccc23)cc1. The van der Waals surface area contributed by atoms with Gasteiger partial charge >= 0.3 is 0 Å². The van der Waals surface area contributed by atoms with Crippen molar-refractivity contribution in [2.75, 3.05) is 9.80 Å². The summed E-state index contributed by atoms with van der Waals surface area (Å²) in [5, 5.41) is 4.88. The number of furan rings is 1. The molecule has 5 heterocycles. The predicted octanol–water partition coefficient (Wildman–Crippen LogP) is 18.5. The molecular formula is C70H70BN3OS. The van der Waals surface area contributed by atoms with Crippen LogP contribution in [0.15, 0.2) is 156 Å². The molecule has 11 aromatic rings. The Morgan fingerprint density at radius 3 is 1.61 bits per heavy atom.